The second-order valence-corrected chi connectivity index (χ2v) is 7.63. The molecular formula is C23H28N4O3. The number of hydrogen-bond donors (Lipinski definition) is 1. The fourth-order valence-electron chi connectivity index (χ4n) is 4.06. The SMILES string of the molecule is COc1ccc(CCNC(=O)c2cnn3c4c(cnc23)CCCCCC4)cc1OC. The van der Waals surface area contributed by atoms with Crippen molar-refractivity contribution in [2.75, 3.05) is 20.8 Å². The zero-order valence-electron chi connectivity index (χ0n) is 17.6. The summed E-state index contributed by atoms with van der Waals surface area (Å²) in [5, 5.41) is 7.49. The number of fused-ring (bicyclic) bond motifs is 3. The second-order valence-electron chi connectivity index (χ2n) is 7.63. The van der Waals surface area contributed by atoms with Gasteiger partial charge in [-0.05, 0) is 55.4 Å². The first-order chi connectivity index (χ1) is 14.7. The third kappa shape index (κ3) is 4.10. The van der Waals surface area contributed by atoms with Crippen LogP contribution in [0, 0.1) is 0 Å². The molecule has 158 valence electrons. The summed E-state index contributed by atoms with van der Waals surface area (Å²) in [4.78, 5) is 17.3. The molecule has 2 heterocycles. The van der Waals surface area contributed by atoms with Crippen LogP contribution in [0.1, 0.15) is 52.9 Å². The smallest absolute Gasteiger partial charge is 0.256 e. The van der Waals surface area contributed by atoms with Crippen LogP contribution in [0.15, 0.2) is 30.6 Å². The van der Waals surface area contributed by atoms with Crippen LogP contribution in [0.4, 0.5) is 0 Å². The number of carbonyl (C=O) groups is 1. The van der Waals surface area contributed by atoms with Crippen molar-refractivity contribution in [3.63, 3.8) is 0 Å². The Morgan fingerprint density at radius 2 is 1.87 bits per heavy atom. The Balaban J connectivity index is 1.45. The van der Waals surface area contributed by atoms with Crippen LogP contribution >= 0.6 is 0 Å². The van der Waals surface area contributed by atoms with Crippen molar-refractivity contribution >= 4 is 11.6 Å². The maximum absolute atomic E-state index is 12.8. The van der Waals surface area contributed by atoms with Gasteiger partial charge < -0.3 is 14.8 Å². The highest BCUT2D eigenvalue weighted by molar-refractivity contribution is 5.99. The van der Waals surface area contributed by atoms with E-state index in [0.29, 0.717) is 35.7 Å². The van der Waals surface area contributed by atoms with Crippen LogP contribution < -0.4 is 14.8 Å². The first kappa shape index (κ1) is 20.2. The normalized spacial score (nSPS) is 13.9. The fourth-order valence-corrected chi connectivity index (χ4v) is 4.06. The number of benzene rings is 1. The molecule has 0 bridgehead atoms. The first-order valence-corrected chi connectivity index (χ1v) is 10.5. The molecule has 4 rings (SSSR count). The molecule has 1 aromatic carbocycles. The zero-order valence-corrected chi connectivity index (χ0v) is 17.6. The number of aromatic nitrogens is 3. The largest absolute Gasteiger partial charge is 0.493 e. The van der Waals surface area contributed by atoms with Gasteiger partial charge in [0.25, 0.3) is 5.91 Å². The monoisotopic (exact) mass is 408 g/mol. The van der Waals surface area contributed by atoms with Crippen molar-refractivity contribution in [3.05, 3.63) is 53.0 Å². The van der Waals surface area contributed by atoms with Gasteiger partial charge in [0.15, 0.2) is 17.1 Å². The Morgan fingerprint density at radius 3 is 2.67 bits per heavy atom. The van der Waals surface area contributed by atoms with Crippen LogP contribution in [0.5, 0.6) is 11.5 Å². The lowest BCUT2D eigenvalue weighted by Crippen LogP contribution is -2.25. The molecule has 0 spiro atoms. The van der Waals surface area contributed by atoms with Gasteiger partial charge in [-0.25, -0.2) is 9.50 Å². The van der Waals surface area contributed by atoms with E-state index in [1.165, 1.54) is 30.5 Å². The summed E-state index contributed by atoms with van der Waals surface area (Å²) in [6.45, 7) is 0.511. The number of hydrogen-bond acceptors (Lipinski definition) is 5. The predicted molar refractivity (Wildman–Crippen MR) is 114 cm³/mol. The quantitative estimate of drug-likeness (QED) is 0.677. The maximum Gasteiger partial charge on any atom is 0.256 e. The molecule has 7 nitrogen and oxygen atoms in total. The molecule has 0 saturated carbocycles. The Bertz CT molecular complexity index is 1040. The molecule has 7 heteroatoms. The number of nitrogens with zero attached hydrogens (tertiary/aromatic N) is 3. The topological polar surface area (TPSA) is 77.8 Å². The van der Waals surface area contributed by atoms with Crippen LogP contribution in [0.3, 0.4) is 0 Å². The molecule has 1 amide bonds. The van der Waals surface area contributed by atoms with Crippen LogP contribution in [0.25, 0.3) is 5.65 Å². The number of aryl methyl sites for hydroxylation is 2. The first-order valence-electron chi connectivity index (χ1n) is 10.5. The highest BCUT2D eigenvalue weighted by atomic mass is 16.5. The summed E-state index contributed by atoms with van der Waals surface area (Å²) in [7, 11) is 3.23. The second kappa shape index (κ2) is 9.15. The van der Waals surface area contributed by atoms with E-state index in [1.807, 2.05) is 28.9 Å². The van der Waals surface area contributed by atoms with Gasteiger partial charge in [-0.2, -0.15) is 5.10 Å². The third-order valence-electron chi connectivity index (χ3n) is 5.71. The molecule has 30 heavy (non-hydrogen) atoms. The van der Waals surface area contributed by atoms with Crippen molar-refractivity contribution < 1.29 is 14.3 Å². The average molecular weight is 409 g/mol. The lowest BCUT2D eigenvalue weighted by molar-refractivity contribution is 0.0955. The molecular weight excluding hydrogens is 380 g/mol. The standard InChI is InChI=1S/C23H28N4O3/c1-29-20-10-9-16(13-21(20)30-2)11-12-24-23(28)18-15-26-27-19-8-6-4-3-5-7-17(19)14-25-22(18)27/h9-10,13-15H,3-8,11-12H2,1-2H3,(H,24,28). The number of ether oxygens (including phenoxy) is 2. The maximum atomic E-state index is 12.8. The molecule has 0 fully saturated rings. The van der Waals surface area contributed by atoms with Crippen molar-refractivity contribution in [3.8, 4) is 11.5 Å². The van der Waals surface area contributed by atoms with Crippen molar-refractivity contribution in [2.45, 2.75) is 44.9 Å². The van der Waals surface area contributed by atoms with Gasteiger partial charge in [-0.1, -0.05) is 18.9 Å². The average Bonchev–Trinajstić information content (AvgIpc) is 3.18. The van der Waals surface area contributed by atoms with E-state index in [1.54, 1.807) is 20.4 Å². The minimum atomic E-state index is -0.149. The van der Waals surface area contributed by atoms with Crippen molar-refractivity contribution in [1.29, 1.82) is 0 Å². The van der Waals surface area contributed by atoms with Crippen LogP contribution in [-0.2, 0) is 19.3 Å². The Hall–Kier alpha value is -3.09. The number of methoxy groups -OCH3 is 2. The van der Waals surface area contributed by atoms with E-state index in [-0.39, 0.29) is 5.91 Å². The minimum absolute atomic E-state index is 0.149. The summed E-state index contributed by atoms with van der Waals surface area (Å²) in [5.41, 5.74) is 4.67. The van der Waals surface area contributed by atoms with Gasteiger partial charge in [0.05, 0.1) is 20.4 Å². The molecule has 0 unspecified atom stereocenters. The van der Waals surface area contributed by atoms with Crippen LogP contribution in [0.2, 0.25) is 0 Å². The van der Waals surface area contributed by atoms with E-state index < -0.39 is 0 Å². The predicted octanol–water partition coefficient (Wildman–Crippen LogP) is 3.38. The van der Waals surface area contributed by atoms with Gasteiger partial charge >= 0.3 is 0 Å². The molecule has 1 aliphatic carbocycles. The van der Waals surface area contributed by atoms with E-state index in [4.69, 9.17) is 9.47 Å². The van der Waals surface area contributed by atoms with Crippen LogP contribution in [-0.4, -0.2) is 41.3 Å². The lowest BCUT2D eigenvalue weighted by Gasteiger charge is -2.14. The summed E-state index contributed by atoms with van der Waals surface area (Å²) < 4.78 is 12.5. The summed E-state index contributed by atoms with van der Waals surface area (Å²) in [6, 6.07) is 5.78. The lowest BCUT2D eigenvalue weighted by atomic mass is 9.98. The molecule has 1 N–H and O–H groups in total. The molecule has 1 aliphatic rings. The molecule has 3 aromatic rings. The van der Waals surface area contributed by atoms with Gasteiger partial charge in [0.1, 0.15) is 5.56 Å². The molecule has 0 saturated heterocycles. The summed E-state index contributed by atoms with van der Waals surface area (Å²) in [6.07, 6.45) is 11.1. The van der Waals surface area contributed by atoms with Gasteiger partial charge in [0, 0.05) is 18.4 Å². The number of carbonyl (C=O) groups excluding carboxylic acids is 1. The van der Waals surface area contributed by atoms with Gasteiger partial charge in [0.2, 0.25) is 0 Å². The number of rotatable bonds is 6. The molecule has 2 aromatic heterocycles. The van der Waals surface area contributed by atoms with E-state index in [9.17, 15) is 4.79 Å². The summed E-state index contributed by atoms with van der Waals surface area (Å²) in [5.74, 6) is 1.23. The Morgan fingerprint density at radius 1 is 1.07 bits per heavy atom. The zero-order chi connectivity index (χ0) is 20.9. The molecule has 0 aliphatic heterocycles. The molecule has 0 atom stereocenters. The minimum Gasteiger partial charge on any atom is -0.493 e. The van der Waals surface area contributed by atoms with Gasteiger partial charge in [-0.3, -0.25) is 4.79 Å². The molecule has 0 radical (unpaired) electrons. The van der Waals surface area contributed by atoms with E-state index in [0.717, 1.165) is 24.8 Å². The van der Waals surface area contributed by atoms with E-state index in [2.05, 4.69) is 15.4 Å². The third-order valence-corrected chi connectivity index (χ3v) is 5.71. The van der Waals surface area contributed by atoms with Crippen molar-refractivity contribution in [1.82, 2.24) is 19.9 Å². The highest BCUT2D eigenvalue weighted by Crippen LogP contribution is 2.27. The Labute approximate surface area is 176 Å². The number of amides is 1. The number of nitrogens with one attached hydrogen (secondary N) is 1. The van der Waals surface area contributed by atoms with E-state index >= 15 is 0 Å². The Kier molecular flexibility index (Phi) is 6.16. The summed E-state index contributed by atoms with van der Waals surface area (Å²) >= 11 is 0. The fraction of sp³-hybridized carbons (Fsp3) is 0.435. The van der Waals surface area contributed by atoms with Crippen molar-refractivity contribution in [2.24, 2.45) is 0 Å². The highest BCUT2D eigenvalue weighted by Gasteiger charge is 2.18. The van der Waals surface area contributed by atoms with Gasteiger partial charge in [-0.15, -0.1) is 0 Å².